The van der Waals surface area contributed by atoms with Crippen LogP contribution in [-0.2, 0) is 0 Å². The SMILES string of the molecule is O=C(c1ccccc1)c1ccn2c(C(=O)c3ccc(Cl)cc3)cc(C(=O)c3ccccc3)c2c1. The minimum atomic E-state index is -0.249. The maximum atomic E-state index is 13.4. The normalized spacial score (nSPS) is 10.9. The van der Waals surface area contributed by atoms with E-state index >= 15 is 0 Å². The summed E-state index contributed by atoms with van der Waals surface area (Å²) in [7, 11) is 0. The summed E-state index contributed by atoms with van der Waals surface area (Å²) >= 11 is 5.98. The highest BCUT2D eigenvalue weighted by molar-refractivity contribution is 6.30. The van der Waals surface area contributed by atoms with Crippen LogP contribution in [0.1, 0.15) is 47.9 Å². The molecule has 5 aromatic rings. The van der Waals surface area contributed by atoms with Crippen molar-refractivity contribution in [3.05, 3.63) is 148 Å². The second kappa shape index (κ2) is 8.93. The van der Waals surface area contributed by atoms with E-state index in [0.29, 0.717) is 44.1 Å². The molecule has 164 valence electrons. The number of carbonyl (C=O) groups is 3. The molecule has 4 nitrogen and oxygen atoms in total. The van der Waals surface area contributed by atoms with Gasteiger partial charge in [-0.1, -0.05) is 72.3 Å². The summed E-state index contributed by atoms with van der Waals surface area (Å²) in [6.45, 7) is 0. The molecule has 0 radical (unpaired) electrons. The number of benzene rings is 3. The van der Waals surface area contributed by atoms with Crippen molar-refractivity contribution in [2.24, 2.45) is 0 Å². The molecule has 5 rings (SSSR count). The Balaban J connectivity index is 1.67. The molecule has 0 amide bonds. The standard InChI is InChI=1S/C29H18ClNO3/c30-23-13-11-21(12-14-23)29(34)26-18-24(28(33)20-9-5-2-6-10-20)25-17-22(15-16-31(25)26)27(32)19-7-3-1-4-8-19/h1-18H. The molecule has 0 aliphatic heterocycles. The zero-order valence-corrected chi connectivity index (χ0v) is 18.7. The van der Waals surface area contributed by atoms with E-state index in [-0.39, 0.29) is 17.3 Å². The van der Waals surface area contributed by atoms with Crippen LogP contribution in [-0.4, -0.2) is 21.8 Å². The van der Waals surface area contributed by atoms with Crippen LogP contribution in [0.15, 0.2) is 109 Å². The first kappa shape index (κ1) is 21.6. The first-order valence-electron chi connectivity index (χ1n) is 10.7. The Morgan fingerprint density at radius 3 is 1.74 bits per heavy atom. The number of ketones is 3. The Bertz CT molecular complexity index is 1540. The molecular weight excluding hydrogens is 446 g/mol. The molecule has 5 heteroatoms. The molecule has 0 aliphatic rings. The van der Waals surface area contributed by atoms with E-state index in [4.69, 9.17) is 11.6 Å². The van der Waals surface area contributed by atoms with Crippen molar-refractivity contribution >= 4 is 34.5 Å². The molecule has 3 aromatic carbocycles. The van der Waals surface area contributed by atoms with Crippen molar-refractivity contribution in [3.63, 3.8) is 0 Å². The van der Waals surface area contributed by atoms with Crippen LogP contribution in [0.25, 0.3) is 5.52 Å². The monoisotopic (exact) mass is 463 g/mol. The fraction of sp³-hybridized carbons (Fsp3) is 0. The Morgan fingerprint density at radius 2 is 1.12 bits per heavy atom. The maximum Gasteiger partial charge on any atom is 0.209 e. The van der Waals surface area contributed by atoms with Crippen LogP contribution in [0.3, 0.4) is 0 Å². The first-order chi connectivity index (χ1) is 16.5. The van der Waals surface area contributed by atoms with Crippen LogP contribution in [0, 0.1) is 0 Å². The Hall–Kier alpha value is -4.28. The average Bonchev–Trinajstić information content (AvgIpc) is 3.27. The number of carbonyl (C=O) groups excluding carboxylic acids is 3. The van der Waals surface area contributed by atoms with Gasteiger partial charge in [0.2, 0.25) is 5.78 Å². The van der Waals surface area contributed by atoms with Crippen molar-refractivity contribution < 1.29 is 14.4 Å². The van der Waals surface area contributed by atoms with Crippen LogP contribution in [0.2, 0.25) is 5.02 Å². The largest absolute Gasteiger partial charge is 0.313 e. The van der Waals surface area contributed by atoms with Gasteiger partial charge in [-0.25, -0.2) is 0 Å². The number of hydrogen-bond acceptors (Lipinski definition) is 3. The minimum absolute atomic E-state index is 0.159. The molecule has 2 heterocycles. The topological polar surface area (TPSA) is 55.6 Å². The lowest BCUT2D eigenvalue weighted by atomic mass is 10.0. The predicted octanol–water partition coefficient (Wildman–Crippen LogP) is 6.29. The fourth-order valence-corrected chi connectivity index (χ4v) is 4.07. The molecule has 0 unspecified atom stereocenters. The van der Waals surface area contributed by atoms with Crippen LogP contribution < -0.4 is 0 Å². The van der Waals surface area contributed by atoms with E-state index in [2.05, 4.69) is 0 Å². The Labute approximate surface area is 201 Å². The lowest BCUT2D eigenvalue weighted by Gasteiger charge is -2.06. The third-order valence-electron chi connectivity index (χ3n) is 5.69. The zero-order chi connectivity index (χ0) is 23.7. The molecule has 34 heavy (non-hydrogen) atoms. The fourth-order valence-electron chi connectivity index (χ4n) is 3.95. The van der Waals surface area contributed by atoms with Gasteiger partial charge in [0.15, 0.2) is 11.6 Å². The molecule has 2 aromatic heterocycles. The molecule has 0 saturated carbocycles. The van der Waals surface area contributed by atoms with Crippen molar-refractivity contribution in [1.29, 1.82) is 0 Å². The molecule has 0 aliphatic carbocycles. The number of aromatic nitrogens is 1. The van der Waals surface area contributed by atoms with Gasteiger partial charge in [-0.2, -0.15) is 0 Å². The zero-order valence-electron chi connectivity index (χ0n) is 17.9. The van der Waals surface area contributed by atoms with Crippen molar-refractivity contribution in [3.8, 4) is 0 Å². The lowest BCUT2D eigenvalue weighted by molar-refractivity contribution is 0.102. The molecule has 0 N–H and O–H groups in total. The van der Waals surface area contributed by atoms with E-state index in [1.807, 2.05) is 12.1 Å². The van der Waals surface area contributed by atoms with Gasteiger partial charge in [0, 0.05) is 39.0 Å². The predicted molar refractivity (Wildman–Crippen MR) is 132 cm³/mol. The second-order valence-corrected chi connectivity index (χ2v) is 8.28. The number of fused-ring (bicyclic) bond motifs is 1. The van der Waals surface area contributed by atoms with Crippen molar-refractivity contribution in [1.82, 2.24) is 4.40 Å². The van der Waals surface area contributed by atoms with E-state index in [9.17, 15) is 14.4 Å². The van der Waals surface area contributed by atoms with Gasteiger partial charge in [-0.3, -0.25) is 14.4 Å². The van der Waals surface area contributed by atoms with Gasteiger partial charge in [0.25, 0.3) is 0 Å². The average molecular weight is 464 g/mol. The van der Waals surface area contributed by atoms with E-state index in [1.165, 1.54) is 0 Å². The van der Waals surface area contributed by atoms with Gasteiger partial charge in [-0.05, 0) is 42.5 Å². The number of rotatable bonds is 6. The van der Waals surface area contributed by atoms with Crippen LogP contribution in [0.4, 0.5) is 0 Å². The van der Waals surface area contributed by atoms with Crippen molar-refractivity contribution in [2.75, 3.05) is 0 Å². The van der Waals surface area contributed by atoms with E-state index in [0.717, 1.165) is 0 Å². The number of nitrogens with zero attached hydrogens (tertiary/aromatic N) is 1. The molecular formula is C29H18ClNO3. The number of halogens is 1. The highest BCUT2D eigenvalue weighted by Gasteiger charge is 2.23. The van der Waals surface area contributed by atoms with Crippen molar-refractivity contribution in [2.45, 2.75) is 0 Å². The lowest BCUT2D eigenvalue weighted by Crippen LogP contribution is -2.06. The summed E-state index contributed by atoms with van der Waals surface area (Å²) in [5.41, 5.74) is 3.11. The molecule has 0 fully saturated rings. The third kappa shape index (κ3) is 3.96. The molecule has 0 bridgehead atoms. The smallest absolute Gasteiger partial charge is 0.209 e. The van der Waals surface area contributed by atoms with Gasteiger partial charge in [0.05, 0.1) is 11.2 Å². The Morgan fingerprint density at radius 1 is 0.559 bits per heavy atom. The number of pyridine rings is 1. The quantitative estimate of drug-likeness (QED) is 0.278. The summed E-state index contributed by atoms with van der Waals surface area (Å²) in [6, 6.07) is 29.3. The summed E-state index contributed by atoms with van der Waals surface area (Å²) in [4.78, 5) is 39.8. The van der Waals surface area contributed by atoms with E-state index in [1.54, 1.807) is 102 Å². The molecule has 0 atom stereocenters. The summed E-state index contributed by atoms with van der Waals surface area (Å²) in [5, 5.41) is 0.528. The highest BCUT2D eigenvalue weighted by atomic mass is 35.5. The summed E-state index contributed by atoms with van der Waals surface area (Å²) in [6.07, 6.45) is 1.66. The van der Waals surface area contributed by atoms with Crippen LogP contribution >= 0.6 is 11.6 Å². The van der Waals surface area contributed by atoms with Gasteiger partial charge >= 0.3 is 0 Å². The summed E-state index contributed by atoms with van der Waals surface area (Å²) in [5.74, 6) is -0.633. The van der Waals surface area contributed by atoms with Gasteiger partial charge in [-0.15, -0.1) is 0 Å². The first-order valence-corrected chi connectivity index (χ1v) is 11.1. The summed E-state index contributed by atoms with van der Waals surface area (Å²) < 4.78 is 1.66. The van der Waals surface area contributed by atoms with Gasteiger partial charge in [0.1, 0.15) is 0 Å². The van der Waals surface area contributed by atoms with Crippen LogP contribution in [0.5, 0.6) is 0 Å². The molecule has 0 spiro atoms. The Kier molecular flexibility index (Phi) is 5.66. The molecule has 0 saturated heterocycles. The third-order valence-corrected chi connectivity index (χ3v) is 5.94. The minimum Gasteiger partial charge on any atom is -0.313 e. The second-order valence-electron chi connectivity index (χ2n) is 7.84. The van der Waals surface area contributed by atoms with Gasteiger partial charge < -0.3 is 4.40 Å². The number of hydrogen-bond donors (Lipinski definition) is 0. The highest BCUT2D eigenvalue weighted by Crippen LogP contribution is 2.25. The van der Waals surface area contributed by atoms with E-state index < -0.39 is 0 Å². The maximum absolute atomic E-state index is 13.4.